The number of nitro benzene ring substituents is 1. The van der Waals surface area contributed by atoms with Crippen LogP contribution in [-0.4, -0.2) is 26.3 Å². The molecule has 0 bridgehead atoms. The lowest BCUT2D eigenvalue weighted by atomic mass is 10.2. The van der Waals surface area contributed by atoms with Gasteiger partial charge in [0.05, 0.1) is 20.5 Å². The second-order valence-electron chi connectivity index (χ2n) is 4.63. The second-order valence-corrected chi connectivity index (χ2v) is 6.72. The van der Waals surface area contributed by atoms with Gasteiger partial charge in [-0.2, -0.15) is 0 Å². The number of sulfonamides is 1. The lowest BCUT2D eigenvalue weighted by molar-refractivity contribution is -0.384. The van der Waals surface area contributed by atoms with Crippen molar-refractivity contribution in [2.75, 3.05) is 11.8 Å². The molecule has 0 aliphatic heterocycles. The fourth-order valence-electron chi connectivity index (χ4n) is 1.84. The number of halogens is 1. The number of anilines is 1. The normalized spacial score (nSPS) is 10.9. The highest BCUT2D eigenvalue weighted by Gasteiger charge is 2.18. The van der Waals surface area contributed by atoms with Gasteiger partial charge in [0.15, 0.2) is 0 Å². The number of carbonyl (C=O) groups is 1. The molecule has 2 aromatic rings. The van der Waals surface area contributed by atoms with E-state index in [2.05, 4.69) is 10.0 Å². The molecule has 0 atom stereocenters. The van der Waals surface area contributed by atoms with Crippen LogP contribution in [0.1, 0.15) is 10.4 Å². The third kappa shape index (κ3) is 3.81. The van der Waals surface area contributed by atoms with E-state index < -0.39 is 20.9 Å². The number of nitrogens with one attached hydrogen (secondary N) is 2. The summed E-state index contributed by atoms with van der Waals surface area (Å²) in [7, 11) is -2.57. The fourth-order valence-corrected chi connectivity index (χ4v) is 3.13. The summed E-state index contributed by atoms with van der Waals surface area (Å²) >= 11 is 5.96. The Bertz CT molecular complexity index is 897. The molecule has 1 amide bonds. The van der Waals surface area contributed by atoms with Crippen LogP contribution < -0.4 is 10.0 Å². The Morgan fingerprint density at radius 3 is 2.33 bits per heavy atom. The zero-order valence-electron chi connectivity index (χ0n) is 12.3. The van der Waals surface area contributed by atoms with Crippen LogP contribution in [0.3, 0.4) is 0 Å². The van der Waals surface area contributed by atoms with Crippen molar-refractivity contribution in [3.8, 4) is 0 Å². The van der Waals surface area contributed by atoms with E-state index in [0.29, 0.717) is 0 Å². The van der Waals surface area contributed by atoms with Crippen molar-refractivity contribution < 1.29 is 18.1 Å². The number of benzene rings is 2. The molecule has 0 aliphatic rings. The van der Waals surface area contributed by atoms with Gasteiger partial charge in [-0.15, -0.1) is 0 Å². The largest absolute Gasteiger partial charge is 0.355 e. The third-order valence-corrected chi connectivity index (χ3v) is 4.77. The number of rotatable bonds is 5. The molecular formula is C14H12ClN3O5S. The van der Waals surface area contributed by atoms with E-state index in [9.17, 15) is 23.3 Å². The zero-order valence-corrected chi connectivity index (χ0v) is 13.9. The molecule has 126 valence electrons. The van der Waals surface area contributed by atoms with Gasteiger partial charge in [0.2, 0.25) is 0 Å². The summed E-state index contributed by atoms with van der Waals surface area (Å²) in [6.45, 7) is 0. The third-order valence-electron chi connectivity index (χ3n) is 3.06. The van der Waals surface area contributed by atoms with E-state index >= 15 is 0 Å². The molecule has 0 radical (unpaired) electrons. The van der Waals surface area contributed by atoms with Gasteiger partial charge < -0.3 is 5.32 Å². The van der Waals surface area contributed by atoms with E-state index in [1.807, 2.05) is 0 Å². The first kappa shape index (κ1) is 17.7. The van der Waals surface area contributed by atoms with E-state index in [1.165, 1.54) is 25.2 Å². The van der Waals surface area contributed by atoms with Crippen LogP contribution in [0.4, 0.5) is 11.4 Å². The first-order valence-electron chi connectivity index (χ1n) is 6.53. The topological polar surface area (TPSA) is 118 Å². The molecule has 0 aliphatic carbocycles. The predicted octanol–water partition coefficient (Wildman–Crippen LogP) is 2.41. The molecule has 0 saturated carbocycles. The van der Waals surface area contributed by atoms with Crippen molar-refractivity contribution in [2.24, 2.45) is 0 Å². The van der Waals surface area contributed by atoms with Gasteiger partial charge in [-0.25, -0.2) is 8.42 Å². The highest BCUT2D eigenvalue weighted by molar-refractivity contribution is 7.92. The lowest BCUT2D eigenvalue weighted by Crippen LogP contribution is -2.18. The molecule has 0 aromatic heterocycles. The van der Waals surface area contributed by atoms with Gasteiger partial charge in [0.1, 0.15) is 0 Å². The van der Waals surface area contributed by atoms with Gasteiger partial charge in [-0.1, -0.05) is 11.6 Å². The maximum absolute atomic E-state index is 12.3. The number of carbonyl (C=O) groups excluding carboxylic acids is 1. The van der Waals surface area contributed by atoms with Crippen LogP contribution in [0.2, 0.25) is 5.02 Å². The molecule has 0 spiro atoms. The average molecular weight is 370 g/mol. The van der Waals surface area contributed by atoms with Crippen LogP contribution in [0, 0.1) is 10.1 Å². The van der Waals surface area contributed by atoms with E-state index in [0.717, 1.165) is 24.3 Å². The van der Waals surface area contributed by atoms with E-state index in [-0.39, 0.29) is 26.9 Å². The van der Waals surface area contributed by atoms with Gasteiger partial charge in [0.25, 0.3) is 21.6 Å². The van der Waals surface area contributed by atoms with Crippen molar-refractivity contribution >= 4 is 38.9 Å². The molecular weight excluding hydrogens is 358 g/mol. The number of nitro groups is 1. The SMILES string of the molecule is CNC(=O)c1ccc(Cl)c(NS(=O)(=O)c2ccc([N+](=O)[O-])cc2)c1. The molecule has 0 saturated heterocycles. The molecule has 0 heterocycles. The summed E-state index contributed by atoms with van der Waals surface area (Å²) in [4.78, 5) is 21.4. The summed E-state index contributed by atoms with van der Waals surface area (Å²) in [5.41, 5.74) is 0.0213. The lowest BCUT2D eigenvalue weighted by Gasteiger charge is -2.11. The summed E-state index contributed by atoms with van der Waals surface area (Å²) in [6.07, 6.45) is 0. The highest BCUT2D eigenvalue weighted by Crippen LogP contribution is 2.26. The van der Waals surface area contributed by atoms with Gasteiger partial charge >= 0.3 is 0 Å². The second kappa shape index (κ2) is 6.85. The maximum atomic E-state index is 12.3. The van der Waals surface area contributed by atoms with Crippen LogP contribution in [0.25, 0.3) is 0 Å². The minimum absolute atomic E-state index is 0.0242. The standard InChI is InChI=1S/C14H12ClN3O5S/c1-16-14(19)9-2-7-12(15)13(8-9)17-24(22,23)11-5-3-10(4-6-11)18(20)21/h2-8,17H,1H3,(H,16,19). The first-order chi connectivity index (χ1) is 11.2. The summed E-state index contributed by atoms with van der Waals surface area (Å²) in [5, 5.41) is 13.1. The molecule has 10 heteroatoms. The quantitative estimate of drug-likeness (QED) is 0.619. The van der Waals surface area contributed by atoms with Crippen LogP contribution >= 0.6 is 11.6 Å². The summed E-state index contributed by atoms with van der Waals surface area (Å²) < 4.78 is 27.0. The number of non-ortho nitro benzene ring substituents is 1. The predicted molar refractivity (Wildman–Crippen MR) is 88.7 cm³/mol. The van der Waals surface area contributed by atoms with Crippen molar-refractivity contribution in [3.63, 3.8) is 0 Å². The zero-order chi connectivity index (χ0) is 17.9. The molecule has 0 unspecified atom stereocenters. The van der Waals surface area contributed by atoms with E-state index in [1.54, 1.807) is 0 Å². The Kier molecular flexibility index (Phi) is 5.05. The smallest absolute Gasteiger partial charge is 0.269 e. The van der Waals surface area contributed by atoms with E-state index in [4.69, 9.17) is 11.6 Å². The Balaban J connectivity index is 2.35. The number of amides is 1. The van der Waals surface area contributed by atoms with Crippen molar-refractivity contribution in [1.29, 1.82) is 0 Å². The minimum atomic E-state index is -4.02. The van der Waals surface area contributed by atoms with Gasteiger partial charge in [-0.3, -0.25) is 19.6 Å². The Morgan fingerprint density at radius 1 is 1.17 bits per heavy atom. The fraction of sp³-hybridized carbons (Fsp3) is 0.0714. The Hall–Kier alpha value is -2.65. The number of hydrogen-bond donors (Lipinski definition) is 2. The van der Waals surface area contributed by atoms with Crippen LogP contribution in [-0.2, 0) is 10.0 Å². The van der Waals surface area contributed by atoms with Gasteiger partial charge in [0, 0.05) is 24.7 Å². The summed E-state index contributed by atoms with van der Waals surface area (Å²) in [5.74, 6) is -0.401. The maximum Gasteiger partial charge on any atom is 0.269 e. The average Bonchev–Trinajstić information content (AvgIpc) is 2.56. The van der Waals surface area contributed by atoms with Crippen LogP contribution in [0.5, 0.6) is 0 Å². The molecule has 2 aromatic carbocycles. The Labute approximate surface area is 142 Å². The molecule has 8 nitrogen and oxygen atoms in total. The molecule has 2 N–H and O–H groups in total. The molecule has 2 rings (SSSR count). The minimum Gasteiger partial charge on any atom is -0.355 e. The monoisotopic (exact) mass is 369 g/mol. The van der Waals surface area contributed by atoms with Crippen LogP contribution in [0.15, 0.2) is 47.4 Å². The van der Waals surface area contributed by atoms with Crippen molar-refractivity contribution in [2.45, 2.75) is 4.90 Å². The summed E-state index contributed by atoms with van der Waals surface area (Å²) in [6, 6.07) is 8.51. The van der Waals surface area contributed by atoms with Crippen molar-refractivity contribution in [1.82, 2.24) is 5.32 Å². The van der Waals surface area contributed by atoms with Crippen molar-refractivity contribution in [3.05, 3.63) is 63.2 Å². The number of hydrogen-bond acceptors (Lipinski definition) is 5. The number of nitrogens with zero attached hydrogens (tertiary/aromatic N) is 1. The molecule has 0 fully saturated rings. The first-order valence-corrected chi connectivity index (χ1v) is 8.39. The van der Waals surface area contributed by atoms with Gasteiger partial charge in [-0.05, 0) is 30.3 Å². The highest BCUT2D eigenvalue weighted by atomic mass is 35.5. The Morgan fingerprint density at radius 2 is 1.79 bits per heavy atom. The molecule has 24 heavy (non-hydrogen) atoms.